The van der Waals surface area contributed by atoms with Crippen LogP contribution < -0.4 is 19.8 Å². The molecule has 3 aromatic carbocycles. The van der Waals surface area contributed by atoms with Crippen LogP contribution in [0.15, 0.2) is 69.9 Å². The lowest BCUT2D eigenvalue weighted by Gasteiger charge is -2.26. The second-order valence-corrected chi connectivity index (χ2v) is 8.51. The van der Waals surface area contributed by atoms with Crippen molar-refractivity contribution in [2.24, 2.45) is 0 Å². The fraction of sp³-hybridized carbons (Fsp3) is 0.185. The van der Waals surface area contributed by atoms with E-state index in [0.29, 0.717) is 45.3 Å². The largest absolute Gasteiger partial charge is 0.493 e. The van der Waals surface area contributed by atoms with E-state index in [1.165, 1.54) is 0 Å². The lowest BCUT2D eigenvalue weighted by Crippen LogP contribution is -2.29. The van der Waals surface area contributed by atoms with E-state index in [0.717, 1.165) is 5.56 Å². The van der Waals surface area contributed by atoms with Crippen LogP contribution in [0, 0.1) is 6.92 Å². The molecule has 1 aliphatic heterocycles. The number of fused-ring (bicyclic) bond motifs is 2. The van der Waals surface area contributed by atoms with Gasteiger partial charge in [-0.2, -0.15) is 0 Å². The topological polar surface area (TPSA) is 69.0 Å². The molecule has 0 bridgehead atoms. The molecule has 0 N–H and O–H groups in total. The first kappa shape index (κ1) is 22.0. The Morgan fingerprint density at radius 1 is 1.03 bits per heavy atom. The van der Waals surface area contributed by atoms with E-state index >= 15 is 0 Å². The highest BCUT2D eigenvalue weighted by atomic mass is 35.5. The Labute approximate surface area is 201 Å². The molecule has 0 radical (unpaired) electrons. The number of halogens is 1. The highest BCUT2D eigenvalue weighted by molar-refractivity contribution is 6.31. The molecule has 1 aliphatic rings. The second-order valence-electron chi connectivity index (χ2n) is 8.07. The molecule has 1 amide bonds. The van der Waals surface area contributed by atoms with Gasteiger partial charge in [-0.1, -0.05) is 29.8 Å². The second kappa shape index (κ2) is 8.54. The molecule has 2 heterocycles. The standard InChI is InChI=1S/C27H22ClNO5/c1-4-33-21-10-8-16(13-22(21)32-3)24-23-25(30)19-14-17(28)9-11-20(19)34-26(23)27(31)29(24)18-7-5-6-15(2)12-18/h5-14,24H,4H2,1-3H3. The molecule has 5 rings (SSSR count). The third kappa shape index (κ3) is 3.51. The highest BCUT2D eigenvalue weighted by Gasteiger charge is 2.44. The summed E-state index contributed by atoms with van der Waals surface area (Å²) in [6.07, 6.45) is 0. The average Bonchev–Trinajstić information content (AvgIpc) is 3.12. The number of rotatable bonds is 5. The minimum Gasteiger partial charge on any atom is -0.493 e. The smallest absolute Gasteiger partial charge is 0.295 e. The molecule has 1 unspecified atom stereocenters. The van der Waals surface area contributed by atoms with Crippen molar-refractivity contribution in [2.75, 3.05) is 18.6 Å². The number of ether oxygens (including phenoxy) is 2. The van der Waals surface area contributed by atoms with E-state index in [1.807, 2.05) is 44.2 Å². The van der Waals surface area contributed by atoms with Gasteiger partial charge in [-0.15, -0.1) is 0 Å². The first-order valence-corrected chi connectivity index (χ1v) is 11.3. The predicted molar refractivity (Wildman–Crippen MR) is 131 cm³/mol. The van der Waals surface area contributed by atoms with Gasteiger partial charge in [-0.25, -0.2) is 0 Å². The molecule has 0 saturated carbocycles. The molecule has 6 nitrogen and oxygen atoms in total. The van der Waals surface area contributed by atoms with Gasteiger partial charge in [0.15, 0.2) is 16.9 Å². The average molecular weight is 476 g/mol. The number of hydrogen-bond donors (Lipinski definition) is 0. The van der Waals surface area contributed by atoms with Crippen LogP contribution in [-0.4, -0.2) is 19.6 Å². The maximum Gasteiger partial charge on any atom is 0.295 e. The number of carbonyl (C=O) groups excluding carboxylic acids is 1. The molecule has 0 fully saturated rings. The Kier molecular flexibility index (Phi) is 5.54. The maximum absolute atomic E-state index is 13.7. The van der Waals surface area contributed by atoms with Crippen molar-refractivity contribution in [3.05, 3.63) is 98.4 Å². The van der Waals surface area contributed by atoms with Crippen LogP contribution in [-0.2, 0) is 0 Å². The van der Waals surface area contributed by atoms with Gasteiger partial charge in [0.25, 0.3) is 5.91 Å². The summed E-state index contributed by atoms with van der Waals surface area (Å²) >= 11 is 6.16. The summed E-state index contributed by atoms with van der Waals surface area (Å²) in [6, 6.07) is 17.1. The molecular weight excluding hydrogens is 454 g/mol. The number of anilines is 1. The Balaban J connectivity index is 1.80. The van der Waals surface area contributed by atoms with Gasteiger partial charge >= 0.3 is 0 Å². The van der Waals surface area contributed by atoms with Crippen LogP contribution >= 0.6 is 11.6 Å². The van der Waals surface area contributed by atoms with Crippen molar-refractivity contribution in [2.45, 2.75) is 19.9 Å². The zero-order valence-electron chi connectivity index (χ0n) is 18.9. The highest BCUT2D eigenvalue weighted by Crippen LogP contribution is 2.43. The maximum atomic E-state index is 13.7. The van der Waals surface area contributed by atoms with Crippen LogP contribution in [0.1, 0.15) is 40.2 Å². The Morgan fingerprint density at radius 3 is 2.59 bits per heavy atom. The predicted octanol–water partition coefficient (Wildman–Crippen LogP) is 5.91. The number of carbonyl (C=O) groups is 1. The third-order valence-electron chi connectivity index (χ3n) is 5.92. The molecule has 0 saturated heterocycles. The van der Waals surface area contributed by atoms with Crippen molar-refractivity contribution in [1.82, 2.24) is 0 Å². The summed E-state index contributed by atoms with van der Waals surface area (Å²) < 4.78 is 17.2. The normalized spacial score (nSPS) is 15.0. The molecule has 7 heteroatoms. The summed E-state index contributed by atoms with van der Waals surface area (Å²) in [5, 5.41) is 0.743. The number of amides is 1. The summed E-state index contributed by atoms with van der Waals surface area (Å²) in [4.78, 5) is 29.0. The molecule has 172 valence electrons. The molecule has 1 atom stereocenters. The molecule has 1 aromatic heterocycles. The van der Waals surface area contributed by atoms with E-state index in [2.05, 4.69) is 0 Å². The minimum absolute atomic E-state index is 0.0270. The summed E-state index contributed by atoms with van der Waals surface area (Å²) in [5.41, 5.74) is 2.64. The van der Waals surface area contributed by atoms with E-state index in [1.54, 1.807) is 42.3 Å². The van der Waals surface area contributed by atoms with Gasteiger partial charge in [-0.05, 0) is 67.4 Å². The molecule has 4 aromatic rings. The summed E-state index contributed by atoms with van der Waals surface area (Å²) in [5.74, 6) is 0.738. The zero-order valence-corrected chi connectivity index (χ0v) is 19.7. The van der Waals surface area contributed by atoms with Crippen LogP contribution in [0.25, 0.3) is 11.0 Å². The van der Waals surface area contributed by atoms with Gasteiger partial charge < -0.3 is 13.9 Å². The number of aryl methyl sites for hydroxylation is 1. The van der Waals surface area contributed by atoms with Crippen molar-refractivity contribution >= 4 is 34.2 Å². The first-order chi connectivity index (χ1) is 16.4. The number of benzene rings is 3. The Hall–Kier alpha value is -3.77. The van der Waals surface area contributed by atoms with E-state index < -0.39 is 6.04 Å². The van der Waals surface area contributed by atoms with Crippen molar-refractivity contribution < 1.29 is 18.7 Å². The van der Waals surface area contributed by atoms with Gasteiger partial charge in [0.05, 0.1) is 30.7 Å². The Bertz CT molecular complexity index is 1490. The van der Waals surface area contributed by atoms with Crippen molar-refractivity contribution in [3.8, 4) is 11.5 Å². The van der Waals surface area contributed by atoms with Gasteiger partial charge in [0, 0.05) is 10.7 Å². The molecule has 0 aliphatic carbocycles. The molecule has 34 heavy (non-hydrogen) atoms. The number of nitrogens with zero attached hydrogens (tertiary/aromatic N) is 1. The van der Waals surface area contributed by atoms with Crippen LogP contribution in [0.2, 0.25) is 5.02 Å². The monoisotopic (exact) mass is 475 g/mol. The van der Waals surface area contributed by atoms with Gasteiger partial charge in [0.2, 0.25) is 5.76 Å². The third-order valence-corrected chi connectivity index (χ3v) is 6.15. The quantitative estimate of drug-likeness (QED) is 0.359. The lowest BCUT2D eigenvalue weighted by atomic mass is 9.97. The Morgan fingerprint density at radius 2 is 1.85 bits per heavy atom. The van der Waals surface area contributed by atoms with Crippen molar-refractivity contribution in [1.29, 1.82) is 0 Å². The fourth-order valence-corrected chi connectivity index (χ4v) is 4.61. The van der Waals surface area contributed by atoms with E-state index in [-0.39, 0.29) is 22.7 Å². The number of hydrogen-bond acceptors (Lipinski definition) is 5. The van der Waals surface area contributed by atoms with Gasteiger partial charge in [0.1, 0.15) is 5.58 Å². The lowest BCUT2D eigenvalue weighted by molar-refractivity contribution is 0.0971. The summed E-state index contributed by atoms with van der Waals surface area (Å²) in [7, 11) is 1.55. The first-order valence-electron chi connectivity index (χ1n) is 10.9. The fourth-order valence-electron chi connectivity index (χ4n) is 4.43. The van der Waals surface area contributed by atoms with E-state index in [9.17, 15) is 9.59 Å². The summed E-state index contributed by atoms with van der Waals surface area (Å²) in [6.45, 7) is 4.32. The van der Waals surface area contributed by atoms with Crippen LogP contribution in [0.3, 0.4) is 0 Å². The van der Waals surface area contributed by atoms with Gasteiger partial charge in [-0.3, -0.25) is 14.5 Å². The van der Waals surface area contributed by atoms with Crippen LogP contribution in [0.5, 0.6) is 11.5 Å². The molecular formula is C27H22ClNO5. The van der Waals surface area contributed by atoms with Crippen LogP contribution in [0.4, 0.5) is 5.69 Å². The van der Waals surface area contributed by atoms with Crippen molar-refractivity contribution in [3.63, 3.8) is 0 Å². The minimum atomic E-state index is -0.714. The molecule has 0 spiro atoms. The number of methoxy groups -OCH3 is 1. The van der Waals surface area contributed by atoms with E-state index in [4.69, 9.17) is 25.5 Å². The zero-order chi connectivity index (χ0) is 24.0. The SMILES string of the molecule is CCOc1ccc(C2c3c(oc4ccc(Cl)cc4c3=O)C(=O)N2c2cccc(C)c2)cc1OC.